The number of benzene rings is 1. The molecule has 1 aromatic heterocycles. The molecule has 1 N–H and O–H groups in total. The van der Waals surface area contributed by atoms with E-state index in [1.807, 2.05) is 18.8 Å². The maximum Gasteiger partial charge on any atom is 0.0624 e. The van der Waals surface area contributed by atoms with Crippen LogP contribution in [0, 0.1) is 5.92 Å². The highest BCUT2D eigenvalue weighted by atomic mass is 15.3. The zero-order valence-corrected chi connectivity index (χ0v) is 12.8. The summed E-state index contributed by atoms with van der Waals surface area (Å²) in [6, 6.07) is 13.0. The van der Waals surface area contributed by atoms with Crippen molar-refractivity contribution >= 4 is 0 Å². The van der Waals surface area contributed by atoms with Gasteiger partial charge in [-0.1, -0.05) is 37.3 Å². The molecule has 1 aromatic carbocycles. The largest absolute Gasteiger partial charge is 0.319 e. The monoisotopic (exact) mass is 271 g/mol. The Morgan fingerprint density at radius 3 is 2.55 bits per heavy atom. The molecule has 0 aliphatic rings. The molecule has 3 nitrogen and oxygen atoms in total. The number of nitrogens with one attached hydrogen (secondary N) is 1. The minimum atomic E-state index is 0.600. The number of nitrogens with zero attached hydrogens (tertiary/aromatic N) is 2. The molecule has 108 valence electrons. The summed E-state index contributed by atoms with van der Waals surface area (Å²) in [7, 11) is 4.08. The zero-order valence-electron chi connectivity index (χ0n) is 12.8. The summed E-state index contributed by atoms with van der Waals surface area (Å²) in [4.78, 5) is 0. The molecule has 0 fully saturated rings. The minimum Gasteiger partial charge on any atom is -0.319 e. The smallest absolute Gasteiger partial charge is 0.0624 e. The van der Waals surface area contributed by atoms with Gasteiger partial charge in [0.1, 0.15) is 0 Å². The number of rotatable bonds is 7. The second-order valence-electron chi connectivity index (χ2n) is 5.42. The predicted octanol–water partition coefficient (Wildman–Crippen LogP) is 2.60. The van der Waals surface area contributed by atoms with Crippen molar-refractivity contribution in [2.24, 2.45) is 13.0 Å². The Balaban J connectivity index is 2.06. The molecule has 0 radical (unpaired) electrons. The second kappa shape index (κ2) is 7.25. The van der Waals surface area contributed by atoms with Crippen molar-refractivity contribution in [2.75, 3.05) is 13.6 Å². The van der Waals surface area contributed by atoms with Gasteiger partial charge in [0.25, 0.3) is 0 Å². The summed E-state index contributed by atoms with van der Waals surface area (Å²) >= 11 is 0. The summed E-state index contributed by atoms with van der Waals surface area (Å²) in [6.07, 6.45) is 3.18. The van der Waals surface area contributed by atoms with Crippen molar-refractivity contribution in [3.63, 3.8) is 0 Å². The van der Waals surface area contributed by atoms with Crippen LogP contribution >= 0.6 is 0 Å². The Labute approximate surface area is 122 Å². The first-order valence-corrected chi connectivity index (χ1v) is 7.43. The van der Waals surface area contributed by atoms with Gasteiger partial charge >= 0.3 is 0 Å². The molecule has 2 aromatic rings. The summed E-state index contributed by atoms with van der Waals surface area (Å²) in [6.45, 7) is 3.18. The van der Waals surface area contributed by atoms with Gasteiger partial charge in [0.05, 0.1) is 5.69 Å². The van der Waals surface area contributed by atoms with Crippen LogP contribution in [0.5, 0.6) is 0 Å². The first-order valence-electron chi connectivity index (χ1n) is 7.43. The van der Waals surface area contributed by atoms with Gasteiger partial charge in [-0.3, -0.25) is 4.68 Å². The molecular weight excluding hydrogens is 246 g/mol. The Morgan fingerprint density at radius 2 is 1.95 bits per heavy atom. The van der Waals surface area contributed by atoms with Gasteiger partial charge < -0.3 is 5.32 Å². The molecule has 2 rings (SSSR count). The van der Waals surface area contributed by atoms with Gasteiger partial charge in [0.2, 0.25) is 0 Å². The SMILES string of the molecule is CCc1cc(CC(CNC)Cc2ccccc2)n(C)n1. The van der Waals surface area contributed by atoms with Gasteiger partial charge in [-0.25, -0.2) is 0 Å². The Morgan fingerprint density at radius 1 is 1.20 bits per heavy atom. The molecule has 0 saturated heterocycles. The highest BCUT2D eigenvalue weighted by molar-refractivity contribution is 5.17. The number of hydrogen-bond acceptors (Lipinski definition) is 2. The van der Waals surface area contributed by atoms with Crippen LogP contribution in [0.3, 0.4) is 0 Å². The van der Waals surface area contributed by atoms with E-state index in [0.717, 1.165) is 25.8 Å². The molecule has 0 saturated carbocycles. The van der Waals surface area contributed by atoms with Crippen LogP contribution < -0.4 is 5.32 Å². The average molecular weight is 271 g/mol. The molecule has 3 heteroatoms. The molecule has 0 bridgehead atoms. The van der Waals surface area contributed by atoms with Gasteiger partial charge in [-0.15, -0.1) is 0 Å². The van der Waals surface area contributed by atoms with Crippen molar-refractivity contribution in [3.8, 4) is 0 Å². The molecule has 20 heavy (non-hydrogen) atoms. The lowest BCUT2D eigenvalue weighted by Gasteiger charge is -2.16. The van der Waals surface area contributed by atoms with E-state index in [1.54, 1.807) is 0 Å². The van der Waals surface area contributed by atoms with Crippen LogP contribution in [0.15, 0.2) is 36.4 Å². The van der Waals surface area contributed by atoms with Gasteiger partial charge in [0, 0.05) is 12.7 Å². The molecular formula is C17H25N3. The predicted molar refractivity (Wildman–Crippen MR) is 83.9 cm³/mol. The third kappa shape index (κ3) is 3.94. The van der Waals surface area contributed by atoms with E-state index in [9.17, 15) is 0 Å². The fourth-order valence-corrected chi connectivity index (χ4v) is 2.68. The summed E-state index contributed by atoms with van der Waals surface area (Å²) in [5.41, 5.74) is 3.93. The van der Waals surface area contributed by atoms with Crippen molar-refractivity contribution in [1.29, 1.82) is 0 Å². The first-order chi connectivity index (χ1) is 9.72. The third-order valence-electron chi connectivity index (χ3n) is 3.75. The number of hydrogen-bond donors (Lipinski definition) is 1. The molecule has 1 heterocycles. The normalized spacial score (nSPS) is 12.6. The quantitative estimate of drug-likeness (QED) is 0.839. The third-order valence-corrected chi connectivity index (χ3v) is 3.75. The van der Waals surface area contributed by atoms with Crippen LogP contribution in [0.2, 0.25) is 0 Å². The topological polar surface area (TPSA) is 29.9 Å². The van der Waals surface area contributed by atoms with Crippen LogP contribution in [-0.2, 0) is 26.3 Å². The lowest BCUT2D eigenvalue weighted by atomic mass is 9.94. The Hall–Kier alpha value is -1.61. The molecule has 0 aliphatic heterocycles. The standard InChI is InChI=1S/C17H25N3/c1-4-16-12-17(20(3)19-16)11-15(13-18-2)10-14-8-6-5-7-9-14/h5-9,12,15,18H,4,10-11,13H2,1-3H3. The highest BCUT2D eigenvalue weighted by Crippen LogP contribution is 2.15. The van der Waals surface area contributed by atoms with Crippen LogP contribution in [-0.4, -0.2) is 23.4 Å². The maximum absolute atomic E-state index is 4.55. The summed E-state index contributed by atoms with van der Waals surface area (Å²) in [5, 5.41) is 7.86. The van der Waals surface area contributed by atoms with Gasteiger partial charge in [-0.05, 0) is 50.4 Å². The van der Waals surface area contributed by atoms with Crippen molar-refractivity contribution < 1.29 is 0 Å². The maximum atomic E-state index is 4.55. The number of aromatic nitrogens is 2. The highest BCUT2D eigenvalue weighted by Gasteiger charge is 2.13. The van der Waals surface area contributed by atoms with Crippen LogP contribution in [0.4, 0.5) is 0 Å². The molecule has 0 spiro atoms. The van der Waals surface area contributed by atoms with Crippen molar-refractivity contribution in [1.82, 2.24) is 15.1 Å². The van der Waals surface area contributed by atoms with Gasteiger partial charge in [-0.2, -0.15) is 5.10 Å². The summed E-state index contributed by atoms with van der Waals surface area (Å²) < 4.78 is 2.03. The Kier molecular flexibility index (Phi) is 5.36. The first kappa shape index (κ1) is 14.8. The fourth-order valence-electron chi connectivity index (χ4n) is 2.68. The average Bonchev–Trinajstić information content (AvgIpc) is 2.81. The van der Waals surface area contributed by atoms with Crippen molar-refractivity contribution in [3.05, 3.63) is 53.3 Å². The van der Waals surface area contributed by atoms with E-state index in [2.05, 4.69) is 53.7 Å². The van der Waals surface area contributed by atoms with Crippen LogP contribution in [0.1, 0.15) is 23.9 Å². The lowest BCUT2D eigenvalue weighted by molar-refractivity contribution is 0.477. The molecule has 0 aliphatic carbocycles. The molecule has 1 atom stereocenters. The fraction of sp³-hybridized carbons (Fsp3) is 0.471. The summed E-state index contributed by atoms with van der Waals surface area (Å²) in [5.74, 6) is 0.600. The van der Waals surface area contributed by atoms with E-state index in [-0.39, 0.29) is 0 Å². The minimum absolute atomic E-state index is 0.600. The van der Waals surface area contributed by atoms with Crippen molar-refractivity contribution in [2.45, 2.75) is 26.2 Å². The second-order valence-corrected chi connectivity index (χ2v) is 5.42. The van der Waals surface area contributed by atoms with E-state index in [4.69, 9.17) is 0 Å². The van der Waals surface area contributed by atoms with Crippen LogP contribution in [0.25, 0.3) is 0 Å². The van der Waals surface area contributed by atoms with Gasteiger partial charge in [0.15, 0.2) is 0 Å². The number of aryl methyl sites for hydroxylation is 2. The molecule has 0 amide bonds. The zero-order chi connectivity index (χ0) is 14.4. The van der Waals surface area contributed by atoms with E-state index in [1.165, 1.54) is 17.0 Å². The van der Waals surface area contributed by atoms with E-state index >= 15 is 0 Å². The van der Waals surface area contributed by atoms with E-state index in [0.29, 0.717) is 5.92 Å². The lowest BCUT2D eigenvalue weighted by Crippen LogP contribution is -2.23. The van der Waals surface area contributed by atoms with E-state index < -0.39 is 0 Å². The molecule has 1 unspecified atom stereocenters. The Bertz CT molecular complexity index is 516.